The van der Waals surface area contributed by atoms with Crippen LogP contribution in [-0.2, 0) is 11.4 Å². The summed E-state index contributed by atoms with van der Waals surface area (Å²) in [6, 6.07) is 0.0577. The molecule has 0 aliphatic carbocycles. The molecule has 1 fully saturated rings. The number of aromatic nitrogens is 4. The Morgan fingerprint density at radius 1 is 1.36 bits per heavy atom. The molecule has 0 aromatic carbocycles. The normalized spacial score (nSPS) is 17.8. The van der Waals surface area contributed by atoms with Crippen molar-refractivity contribution in [2.24, 2.45) is 0 Å². The first-order chi connectivity index (χ1) is 13.5. The summed E-state index contributed by atoms with van der Waals surface area (Å²) in [5.41, 5.74) is 9.28. The van der Waals surface area contributed by atoms with Crippen LogP contribution in [0.5, 0.6) is 0 Å². The van der Waals surface area contributed by atoms with Gasteiger partial charge in [0.25, 0.3) is 0 Å². The van der Waals surface area contributed by atoms with Crippen molar-refractivity contribution >= 4 is 50.9 Å². The number of nitrogens with one attached hydrogen (secondary N) is 1. The Kier molecular flexibility index (Phi) is 5.24. The Hall–Kier alpha value is -2.57. The molecule has 1 aliphatic heterocycles. The van der Waals surface area contributed by atoms with E-state index >= 15 is 0 Å². The number of nitrogens with zero attached hydrogens (tertiary/aromatic N) is 6. The predicted molar refractivity (Wildman–Crippen MR) is 108 cm³/mol. The van der Waals surface area contributed by atoms with E-state index in [9.17, 15) is 4.79 Å². The SMILES string of the molecule is Cc1csc(CNC(=O)ON2CCN(c3nc(N)nc4scnc34)[C@@H](C)C2)n1. The monoisotopic (exact) mass is 420 g/mol. The van der Waals surface area contributed by atoms with Gasteiger partial charge in [-0.1, -0.05) is 0 Å². The van der Waals surface area contributed by atoms with Gasteiger partial charge in [-0.15, -0.1) is 27.7 Å². The van der Waals surface area contributed by atoms with E-state index in [0.29, 0.717) is 26.2 Å². The molecule has 3 N–H and O–H groups in total. The molecule has 0 radical (unpaired) electrons. The van der Waals surface area contributed by atoms with Crippen molar-refractivity contribution in [3.05, 3.63) is 21.6 Å². The zero-order chi connectivity index (χ0) is 19.7. The fourth-order valence-electron chi connectivity index (χ4n) is 3.07. The highest BCUT2D eigenvalue weighted by Gasteiger charge is 2.29. The zero-order valence-corrected chi connectivity index (χ0v) is 17.1. The topological polar surface area (TPSA) is 122 Å². The molecule has 3 aromatic rings. The highest BCUT2D eigenvalue weighted by atomic mass is 32.1. The lowest BCUT2D eigenvalue weighted by atomic mass is 10.2. The zero-order valence-electron chi connectivity index (χ0n) is 15.5. The molecule has 0 saturated carbocycles. The molecule has 12 heteroatoms. The van der Waals surface area contributed by atoms with Crippen molar-refractivity contribution < 1.29 is 9.63 Å². The molecule has 0 bridgehead atoms. The van der Waals surface area contributed by atoms with Gasteiger partial charge in [0, 0.05) is 23.7 Å². The van der Waals surface area contributed by atoms with Crippen molar-refractivity contribution in [2.75, 3.05) is 30.3 Å². The molecule has 148 valence electrons. The largest absolute Gasteiger partial charge is 0.426 e. The van der Waals surface area contributed by atoms with E-state index in [-0.39, 0.29) is 12.0 Å². The van der Waals surface area contributed by atoms with Crippen LogP contribution < -0.4 is 16.0 Å². The quantitative estimate of drug-likeness (QED) is 0.650. The minimum Gasteiger partial charge on any atom is -0.368 e. The molecular weight excluding hydrogens is 400 g/mol. The van der Waals surface area contributed by atoms with E-state index in [0.717, 1.165) is 26.9 Å². The fraction of sp³-hybridized carbons (Fsp3) is 0.438. The summed E-state index contributed by atoms with van der Waals surface area (Å²) in [6.45, 7) is 6.03. The van der Waals surface area contributed by atoms with E-state index < -0.39 is 6.09 Å². The van der Waals surface area contributed by atoms with Gasteiger partial charge in [-0.25, -0.2) is 19.7 Å². The molecule has 28 heavy (non-hydrogen) atoms. The number of nitrogens with two attached hydrogens (primary N) is 1. The number of piperazine rings is 1. The number of amides is 1. The molecule has 1 saturated heterocycles. The van der Waals surface area contributed by atoms with E-state index in [4.69, 9.17) is 10.6 Å². The predicted octanol–water partition coefficient (Wildman–Crippen LogP) is 1.79. The first kappa shape index (κ1) is 18.8. The second kappa shape index (κ2) is 7.81. The molecule has 0 unspecified atom stereocenters. The van der Waals surface area contributed by atoms with Gasteiger partial charge in [0.1, 0.15) is 10.5 Å². The van der Waals surface area contributed by atoms with E-state index in [2.05, 4.69) is 30.2 Å². The third-order valence-corrected chi connectivity index (χ3v) is 6.01. The van der Waals surface area contributed by atoms with Crippen LogP contribution in [0.2, 0.25) is 0 Å². The number of hydrogen-bond acceptors (Lipinski definition) is 11. The van der Waals surface area contributed by atoms with Crippen molar-refractivity contribution in [1.82, 2.24) is 30.3 Å². The number of thiazole rings is 2. The van der Waals surface area contributed by atoms with Gasteiger partial charge >= 0.3 is 6.09 Å². The number of carbonyl (C=O) groups is 1. The van der Waals surface area contributed by atoms with Crippen LogP contribution in [0, 0.1) is 6.92 Å². The van der Waals surface area contributed by atoms with Gasteiger partial charge in [0.15, 0.2) is 10.6 Å². The van der Waals surface area contributed by atoms with Gasteiger partial charge in [-0.2, -0.15) is 4.98 Å². The Balaban J connectivity index is 1.36. The third-order valence-electron chi connectivity index (χ3n) is 4.32. The van der Waals surface area contributed by atoms with Crippen LogP contribution in [0.3, 0.4) is 0 Å². The molecule has 0 spiro atoms. The van der Waals surface area contributed by atoms with Gasteiger partial charge in [-0.05, 0) is 13.8 Å². The first-order valence-electron chi connectivity index (χ1n) is 8.74. The van der Waals surface area contributed by atoms with E-state index in [1.54, 1.807) is 10.6 Å². The number of carbonyl (C=O) groups excluding carboxylic acids is 1. The average Bonchev–Trinajstić information content (AvgIpc) is 3.28. The summed E-state index contributed by atoms with van der Waals surface area (Å²) in [7, 11) is 0. The highest BCUT2D eigenvalue weighted by molar-refractivity contribution is 7.16. The summed E-state index contributed by atoms with van der Waals surface area (Å²) < 4.78 is 0. The Morgan fingerprint density at radius 3 is 2.96 bits per heavy atom. The van der Waals surface area contributed by atoms with Crippen LogP contribution in [0.15, 0.2) is 10.9 Å². The van der Waals surface area contributed by atoms with Crippen LogP contribution in [-0.4, -0.2) is 56.8 Å². The maximum absolute atomic E-state index is 12.1. The fourth-order valence-corrected chi connectivity index (χ4v) is 4.44. The van der Waals surface area contributed by atoms with Gasteiger partial charge in [-0.3, -0.25) is 0 Å². The Morgan fingerprint density at radius 2 is 2.21 bits per heavy atom. The molecule has 4 rings (SSSR count). The lowest BCUT2D eigenvalue weighted by Gasteiger charge is -2.39. The number of hydrogen-bond donors (Lipinski definition) is 2. The molecule has 1 aliphatic rings. The number of hydroxylamine groups is 2. The lowest BCUT2D eigenvalue weighted by molar-refractivity contribution is -0.109. The van der Waals surface area contributed by atoms with Gasteiger partial charge in [0.05, 0.1) is 25.1 Å². The molecule has 4 heterocycles. The van der Waals surface area contributed by atoms with Crippen molar-refractivity contribution in [2.45, 2.75) is 26.4 Å². The maximum Gasteiger partial charge on any atom is 0.426 e. The van der Waals surface area contributed by atoms with Crippen LogP contribution in [0.1, 0.15) is 17.6 Å². The van der Waals surface area contributed by atoms with Gasteiger partial charge < -0.3 is 20.8 Å². The highest BCUT2D eigenvalue weighted by Crippen LogP contribution is 2.28. The van der Waals surface area contributed by atoms with E-state index in [1.807, 2.05) is 19.2 Å². The number of nitrogen functional groups attached to an aromatic ring is 1. The third kappa shape index (κ3) is 3.98. The average molecular weight is 421 g/mol. The standard InChI is InChI=1S/C16H20N8O2S2/c1-9-7-27-11(20-9)5-18-16(25)26-23-3-4-24(10(2)6-23)13-12-14(28-8-19-12)22-15(17)21-13/h7-8,10H,3-6H2,1-2H3,(H,18,25)(H2,17,21,22)/t10-/m0/s1. The number of anilines is 2. The Bertz CT molecular complexity index is 990. The lowest BCUT2D eigenvalue weighted by Crippen LogP contribution is -2.53. The molecule has 1 atom stereocenters. The molecule has 1 amide bonds. The minimum atomic E-state index is -0.485. The Labute approximate surface area is 169 Å². The first-order valence-corrected chi connectivity index (χ1v) is 10.5. The second-order valence-electron chi connectivity index (χ2n) is 6.46. The summed E-state index contributed by atoms with van der Waals surface area (Å²) in [4.78, 5) is 37.7. The second-order valence-corrected chi connectivity index (χ2v) is 8.23. The number of rotatable bonds is 4. The maximum atomic E-state index is 12.1. The van der Waals surface area contributed by atoms with Crippen molar-refractivity contribution in [3.63, 3.8) is 0 Å². The molecule has 10 nitrogen and oxygen atoms in total. The van der Waals surface area contributed by atoms with Crippen molar-refractivity contribution in [3.8, 4) is 0 Å². The van der Waals surface area contributed by atoms with E-state index in [1.165, 1.54) is 22.7 Å². The van der Waals surface area contributed by atoms with Crippen LogP contribution in [0.25, 0.3) is 10.3 Å². The summed E-state index contributed by atoms with van der Waals surface area (Å²) in [5.74, 6) is 0.953. The minimum absolute atomic E-state index is 0.0577. The van der Waals surface area contributed by atoms with Crippen LogP contribution >= 0.6 is 22.7 Å². The summed E-state index contributed by atoms with van der Waals surface area (Å²) in [6.07, 6.45) is -0.485. The van der Waals surface area contributed by atoms with Gasteiger partial charge in [0.2, 0.25) is 5.95 Å². The smallest absolute Gasteiger partial charge is 0.368 e. The number of aryl methyl sites for hydroxylation is 1. The number of fused-ring (bicyclic) bond motifs is 1. The summed E-state index contributed by atoms with van der Waals surface area (Å²) >= 11 is 2.94. The van der Waals surface area contributed by atoms with Crippen LogP contribution in [0.4, 0.5) is 16.6 Å². The van der Waals surface area contributed by atoms with Crippen molar-refractivity contribution in [1.29, 1.82) is 0 Å². The molecule has 3 aromatic heterocycles. The molecular formula is C16H20N8O2S2. The summed E-state index contributed by atoms with van der Waals surface area (Å²) in [5, 5.41) is 7.19.